The topological polar surface area (TPSA) is 60.2 Å². The summed E-state index contributed by atoms with van der Waals surface area (Å²) in [4.78, 5) is 22.8. The van der Waals surface area contributed by atoms with E-state index in [0.717, 1.165) is 12.4 Å². The minimum absolute atomic E-state index is 0.00922. The summed E-state index contributed by atoms with van der Waals surface area (Å²) >= 11 is 0. The molecule has 1 amide bonds. The summed E-state index contributed by atoms with van der Waals surface area (Å²) in [7, 11) is 1.69. The third kappa shape index (κ3) is 2.95. The molecule has 0 unspecified atom stereocenters. The van der Waals surface area contributed by atoms with Crippen molar-refractivity contribution in [3.8, 4) is 0 Å². The van der Waals surface area contributed by atoms with Crippen molar-refractivity contribution in [1.82, 2.24) is 19.4 Å². The highest BCUT2D eigenvalue weighted by Crippen LogP contribution is 2.18. The van der Waals surface area contributed by atoms with E-state index in [9.17, 15) is 4.79 Å². The van der Waals surface area contributed by atoms with E-state index < -0.39 is 0 Å². The average molecular weight is 286 g/mol. The first kappa shape index (κ1) is 13.8. The number of hydrogen-bond donors (Lipinski definition) is 0. The van der Waals surface area contributed by atoms with Crippen molar-refractivity contribution in [3.05, 3.63) is 48.3 Å². The molecule has 1 aliphatic rings. The predicted molar refractivity (Wildman–Crippen MR) is 76.6 cm³/mol. The van der Waals surface area contributed by atoms with Crippen LogP contribution in [0.5, 0.6) is 0 Å². The fourth-order valence-electron chi connectivity index (χ4n) is 2.71. The number of carbonyl (C=O) groups excluding carboxylic acids is 1. The van der Waals surface area contributed by atoms with E-state index >= 15 is 0 Å². The number of amides is 1. The van der Waals surface area contributed by atoms with E-state index in [2.05, 4.69) is 14.5 Å². The van der Waals surface area contributed by atoms with Crippen molar-refractivity contribution in [3.63, 3.8) is 0 Å². The van der Waals surface area contributed by atoms with Crippen LogP contribution in [0.2, 0.25) is 0 Å². The zero-order chi connectivity index (χ0) is 14.7. The molecule has 1 atom stereocenters. The molecule has 6 nitrogen and oxygen atoms in total. The smallest absolute Gasteiger partial charge is 0.254 e. The molecule has 0 radical (unpaired) electrons. The Morgan fingerprint density at radius 3 is 2.90 bits per heavy atom. The summed E-state index contributed by atoms with van der Waals surface area (Å²) in [6, 6.07) is 3.48. The van der Waals surface area contributed by atoms with Crippen LogP contribution in [0.4, 0.5) is 0 Å². The monoisotopic (exact) mass is 286 g/mol. The number of ether oxygens (including phenoxy) is 1. The van der Waals surface area contributed by atoms with Gasteiger partial charge in [-0.25, -0.2) is 4.98 Å². The zero-order valence-corrected chi connectivity index (χ0v) is 12.0. The number of imidazole rings is 1. The van der Waals surface area contributed by atoms with Gasteiger partial charge in [0.05, 0.1) is 13.2 Å². The van der Waals surface area contributed by atoms with Gasteiger partial charge in [0.1, 0.15) is 5.82 Å². The Labute approximate surface area is 123 Å². The number of hydrogen-bond acceptors (Lipinski definition) is 4. The van der Waals surface area contributed by atoms with Gasteiger partial charge in [-0.3, -0.25) is 9.78 Å². The second kappa shape index (κ2) is 6.05. The molecule has 0 aromatic carbocycles. The van der Waals surface area contributed by atoms with Gasteiger partial charge >= 0.3 is 0 Å². The molecular formula is C15H18N4O2. The van der Waals surface area contributed by atoms with Gasteiger partial charge in [0.15, 0.2) is 0 Å². The zero-order valence-electron chi connectivity index (χ0n) is 12.0. The average Bonchev–Trinajstić information content (AvgIpc) is 2.86. The lowest BCUT2D eigenvalue weighted by Gasteiger charge is -2.23. The van der Waals surface area contributed by atoms with E-state index in [1.807, 2.05) is 11.1 Å². The van der Waals surface area contributed by atoms with Crippen LogP contribution >= 0.6 is 0 Å². The highest BCUT2D eigenvalue weighted by molar-refractivity contribution is 5.94. The van der Waals surface area contributed by atoms with Crippen LogP contribution in [-0.4, -0.2) is 45.6 Å². The Morgan fingerprint density at radius 2 is 2.14 bits per heavy atom. The first-order valence-electron chi connectivity index (χ1n) is 6.96. The minimum atomic E-state index is 0.00922. The normalized spacial score (nSPS) is 18.1. The van der Waals surface area contributed by atoms with Gasteiger partial charge in [0.25, 0.3) is 5.91 Å². The largest absolute Gasteiger partial charge is 0.384 e. The van der Waals surface area contributed by atoms with Crippen LogP contribution in [0, 0.1) is 5.92 Å². The van der Waals surface area contributed by atoms with Gasteiger partial charge in [0, 0.05) is 56.5 Å². The summed E-state index contributed by atoms with van der Waals surface area (Å²) in [5, 5.41) is 0. The Hall–Kier alpha value is -2.21. The molecule has 2 aromatic heterocycles. The maximum absolute atomic E-state index is 12.7. The number of rotatable bonds is 3. The number of carbonyl (C=O) groups is 1. The fourth-order valence-corrected chi connectivity index (χ4v) is 2.71. The van der Waals surface area contributed by atoms with E-state index in [1.54, 1.807) is 37.8 Å². The van der Waals surface area contributed by atoms with Gasteiger partial charge in [0.2, 0.25) is 0 Å². The lowest BCUT2D eigenvalue weighted by molar-refractivity contribution is 0.0666. The van der Waals surface area contributed by atoms with Crippen molar-refractivity contribution in [2.45, 2.75) is 13.1 Å². The molecule has 0 bridgehead atoms. The summed E-state index contributed by atoms with van der Waals surface area (Å²) in [5.41, 5.74) is 0.654. The van der Waals surface area contributed by atoms with Crippen molar-refractivity contribution in [2.24, 2.45) is 5.92 Å². The van der Waals surface area contributed by atoms with Crippen LogP contribution < -0.4 is 0 Å². The molecule has 2 aromatic rings. The Kier molecular flexibility index (Phi) is 3.96. The fraction of sp³-hybridized carbons (Fsp3) is 0.400. The molecule has 21 heavy (non-hydrogen) atoms. The van der Waals surface area contributed by atoms with Crippen molar-refractivity contribution in [1.29, 1.82) is 0 Å². The molecule has 0 saturated heterocycles. The molecule has 0 aliphatic carbocycles. The van der Waals surface area contributed by atoms with Crippen LogP contribution in [0.15, 0.2) is 36.9 Å². The Bertz CT molecular complexity index is 611. The molecule has 3 rings (SSSR count). The second-order valence-electron chi connectivity index (χ2n) is 5.24. The summed E-state index contributed by atoms with van der Waals surface area (Å²) in [6.07, 6.45) is 7.01. The van der Waals surface area contributed by atoms with Crippen LogP contribution in [0.25, 0.3) is 0 Å². The number of aromatic nitrogens is 3. The molecule has 0 spiro atoms. The first-order valence-corrected chi connectivity index (χ1v) is 6.96. The third-order valence-electron chi connectivity index (χ3n) is 3.68. The van der Waals surface area contributed by atoms with E-state index in [0.29, 0.717) is 25.3 Å². The van der Waals surface area contributed by atoms with Crippen LogP contribution in [0.3, 0.4) is 0 Å². The molecule has 1 aliphatic heterocycles. The number of pyridine rings is 1. The van der Waals surface area contributed by atoms with Gasteiger partial charge in [-0.2, -0.15) is 0 Å². The van der Waals surface area contributed by atoms with Crippen molar-refractivity contribution >= 4 is 5.91 Å². The molecule has 0 saturated carbocycles. The van der Waals surface area contributed by atoms with E-state index in [1.165, 1.54) is 0 Å². The Morgan fingerprint density at radius 1 is 1.33 bits per heavy atom. The molecule has 0 N–H and O–H groups in total. The SMILES string of the molecule is COC[C@H]1CN(C(=O)c2ccncc2)Cc2nccn2C1. The highest BCUT2D eigenvalue weighted by atomic mass is 16.5. The quantitative estimate of drug-likeness (QED) is 0.850. The standard InChI is InChI=1S/C15H18N4O2/c1-21-11-12-8-18-7-6-17-14(18)10-19(9-12)15(20)13-2-4-16-5-3-13/h2-7,12H,8-11H2,1H3/t12-/m1/s1. The van der Waals surface area contributed by atoms with Gasteiger partial charge in [-0.1, -0.05) is 0 Å². The van der Waals surface area contributed by atoms with Gasteiger partial charge < -0.3 is 14.2 Å². The second-order valence-corrected chi connectivity index (χ2v) is 5.24. The highest BCUT2D eigenvalue weighted by Gasteiger charge is 2.26. The van der Waals surface area contributed by atoms with Gasteiger partial charge in [-0.05, 0) is 12.1 Å². The van der Waals surface area contributed by atoms with Crippen LogP contribution in [0.1, 0.15) is 16.2 Å². The molecule has 6 heteroatoms. The summed E-state index contributed by atoms with van der Waals surface area (Å²) in [6.45, 7) is 2.63. The van der Waals surface area contributed by atoms with E-state index in [-0.39, 0.29) is 11.8 Å². The van der Waals surface area contributed by atoms with Crippen LogP contribution in [-0.2, 0) is 17.8 Å². The lowest BCUT2D eigenvalue weighted by atomic mass is 10.1. The van der Waals surface area contributed by atoms with E-state index in [4.69, 9.17) is 4.74 Å². The molecule has 3 heterocycles. The maximum atomic E-state index is 12.7. The molecule has 110 valence electrons. The number of nitrogens with zero attached hydrogens (tertiary/aromatic N) is 4. The third-order valence-corrected chi connectivity index (χ3v) is 3.68. The minimum Gasteiger partial charge on any atom is -0.384 e. The molecular weight excluding hydrogens is 268 g/mol. The Balaban J connectivity index is 1.86. The number of fused-ring (bicyclic) bond motifs is 1. The predicted octanol–water partition coefficient (Wildman–Crippen LogP) is 1.20. The first-order chi connectivity index (χ1) is 10.3. The van der Waals surface area contributed by atoms with Gasteiger partial charge in [-0.15, -0.1) is 0 Å². The molecule has 0 fully saturated rings. The maximum Gasteiger partial charge on any atom is 0.254 e. The summed E-state index contributed by atoms with van der Waals surface area (Å²) < 4.78 is 7.38. The van der Waals surface area contributed by atoms with Crippen molar-refractivity contribution < 1.29 is 9.53 Å². The number of methoxy groups -OCH3 is 1. The summed E-state index contributed by atoms with van der Waals surface area (Å²) in [5.74, 6) is 1.18. The van der Waals surface area contributed by atoms with Crippen molar-refractivity contribution in [2.75, 3.05) is 20.3 Å². The lowest BCUT2D eigenvalue weighted by Crippen LogP contribution is -2.35.